The first-order chi connectivity index (χ1) is 6.24. The van der Waals surface area contributed by atoms with E-state index in [0.29, 0.717) is 6.04 Å². The lowest BCUT2D eigenvalue weighted by Crippen LogP contribution is -2.28. The van der Waals surface area contributed by atoms with Crippen molar-refractivity contribution >= 4 is 0 Å². The monoisotopic (exact) mass is 178 g/mol. The van der Waals surface area contributed by atoms with E-state index >= 15 is 0 Å². The summed E-state index contributed by atoms with van der Waals surface area (Å²) in [4.78, 5) is 2.19. The van der Waals surface area contributed by atoms with E-state index in [-0.39, 0.29) is 0 Å². The van der Waals surface area contributed by atoms with Gasteiger partial charge in [-0.15, -0.1) is 0 Å². The summed E-state index contributed by atoms with van der Waals surface area (Å²) >= 11 is 0. The molecule has 1 N–H and O–H groups in total. The summed E-state index contributed by atoms with van der Waals surface area (Å²) in [5.74, 6) is 0. The van der Waals surface area contributed by atoms with E-state index in [2.05, 4.69) is 48.6 Å². The molecule has 0 amide bonds. The van der Waals surface area contributed by atoms with E-state index in [1.807, 2.05) is 13.1 Å². The summed E-state index contributed by atoms with van der Waals surface area (Å²) in [7, 11) is 6.18. The molecule has 1 unspecified atom stereocenters. The van der Waals surface area contributed by atoms with Crippen LogP contribution >= 0.6 is 0 Å². The molecule has 0 aliphatic rings. The van der Waals surface area contributed by atoms with Crippen molar-refractivity contribution in [3.63, 3.8) is 0 Å². The molecule has 1 aromatic rings. The highest BCUT2D eigenvalue weighted by atomic mass is 15.1. The zero-order valence-corrected chi connectivity index (χ0v) is 8.62. The summed E-state index contributed by atoms with van der Waals surface area (Å²) < 4.78 is 0. The predicted molar refractivity (Wildman–Crippen MR) is 56.8 cm³/mol. The Kier molecular flexibility index (Phi) is 3.93. The van der Waals surface area contributed by atoms with Crippen LogP contribution in [0.25, 0.3) is 0 Å². The fourth-order valence-electron chi connectivity index (χ4n) is 1.41. The second kappa shape index (κ2) is 5.00. The van der Waals surface area contributed by atoms with Crippen LogP contribution in [0.4, 0.5) is 0 Å². The zero-order chi connectivity index (χ0) is 9.68. The first kappa shape index (κ1) is 10.2. The summed E-state index contributed by atoms with van der Waals surface area (Å²) in [5, 5.41) is 3.31. The van der Waals surface area contributed by atoms with Gasteiger partial charge in [-0.25, -0.2) is 0 Å². The van der Waals surface area contributed by atoms with E-state index in [9.17, 15) is 0 Å². The van der Waals surface area contributed by atoms with Crippen LogP contribution in [0.1, 0.15) is 11.6 Å². The average molecular weight is 178 g/mol. The van der Waals surface area contributed by atoms with Crippen molar-refractivity contribution in [2.75, 3.05) is 27.7 Å². The molecule has 0 saturated carbocycles. The van der Waals surface area contributed by atoms with Gasteiger partial charge in [0.25, 0.3) is 0 Å². The van der Waals surface area contributed by atoms with Gasteiger partial charge in [0, 0.05) is 12.6 Å². The van der Waals surface area contributed by atoms with Crippen molar-refractivity contribution in [2.45, 2.75) is 6.04 Å². The molecule has 2 heteroatoms. The van der Waals surface area contributed by atoms with Crippen molar-refractivity contribution in [1.29, 1.82) is 0 Å². The average Bonchev–Trinajstić information content (AvgIpc) is 2.15. The molecule has 0 aliphatic heterocycles. The minimum atomic E-state index is 0.427. The molecule has 0 heterocycles. The van der Waals surface area contributed by atoms with Crippen molar-refractivity contribution in [3.8, 4) is 0 Å². The van der Waals surface area contributed by atoms with E-state index < -0.39 is 0 Å². The first-order valence-corrected chi connectivity index (χ1v) is 4.61. The molecule has 1 atom stereocenters. The molecule has 1 rings (SSSR count). The third-order valence-corrected chi connectivity index (χ3v) is 2.10. The molecule has 0 spiro atoms. The van der Waals surface area contributed by atoms with Crippen LogP contribution < -0.4 is 5.32 Å². The van der Waals surface area contributed by atoms with Crippen molar-refractivity contribution in [3.05, 3.63) is 35.9 Å². The van der Waals surface area contributed by atoms with Gasteiger partial charge < -0.3 is 10.2 Å². The predicted octanol–water partition coefficient (Wildman–Crippen LogP) is 1.51. The van der Waals surface area contributed by atoms with E-state index in [4.69, 9.17) is 0 Å². The van der Waals surface area contributed by atoms with Crippen LogP contribution in [0.2, 0.25) is 0 Å². The Morgan fingerprint density at radius 1 is 1.23 bits per heavy atom. The molecule has 0 aromatic heterocycles. The van der Waals surface area contributed by atoms with Crippen LogP contribution in [0, 0.1) is 0 Å². The molecule has 13 heavy (non-hydrogen) atoms. The highest BCUT2D eigenvalue weighted by Crippen LogP contribution is 2.11. The van der Waals surface area contributed by atoms with E-state index in [0.717, 1.165) is 6.54 Å². The number of nitrogens with one attached hydrogen (secondary N) is 1. The summed E-state index contributed by atoms with van der Waals surface area (Å²) in [6.45, 7) is 1.03. The molecule has 2 nitrogen and oxygen atoms in total. The van der Waals surface area contributed by atoms with E-state index in [1.54, 1.807) is 0 Å². The molecule has 0 bridgehead atoms. The van der Waals surface area contributed by atoms with Gasteiger partial charge in [-0.2, -0.15) is 0 Å². The number of benzene rings is 1. The Morgan fingerprint density at radius 2 is 1.85 bits per heavy atom. The van der Waals surface area contributed by atoms with Crippen molar-refractivity contribution in [2.24, 2.45) is 0 Å². The SMILES string of the molecule is CNC(CN(C)C)c1ccccc1. The van der Waals surface area contributed by atoms with Crippen LogP contribution in [0.3, 0.4) is 0 Å². The summed E-state index contributed by atoms with van der Waals surface area (Å²) in [5.41, 5.74) is 1.35. The number of rotatable bonds is 4. The van der Waals surface area contributed by atoms with Gasteiger partial charge in [0.05, 0.1) is 0 Å². The summed E-state index contributed by atoms with van der Waals surface area (Å²) in [6, 6.07) is 10.9. The minimum Gasteiger partial charge on any atom is -0.312 e. The molecular weight excluding hydrogens is 160 g/mol. The third kappa shape index (κ3) is 3.17. The molecule has 0 saturated heterocycles. The van der Waals surface area contributed by atoms with Crippen molar-refractivity contribution < 1.29 is 0 Å². The Labute approximate surface area is 80.6 Å². The lowest BCUT2D eigenvalue weighted by Gasteiger charge is -2.20. The number of likely N-dealkylation sites (N-methyl/N-ethyl adjacent to an activating group) is 2. The van der Waals surface area contributed by atoms with Gasteiger partial charge in [0.15, 0.2) is 0 Å². The van der Waals surface area contributed by atoms with Crippen LogP contribution in [-0.4, -0.2) is 32.6 Å². The van der Waals surface area contributed by atoms with Gasteiger partial charge >= 0.3 is 0 Å². The molecule has 1 aromatic carbocycles. The quantitative estimate of drug-likeness (QED) is 0.752. The Bertz CT molecular complexity index is 231. The van der Waals surface area contributed by atoms with Gasteiger partial charge in [0.1, 0.15) is 0 Å². The minimum absolute atomic E-state index is 0.427. The van der Waals surface area contributed by atoms with Gasteiger partial charge in [-0.1, -0.05) is 30.3 Å². The molecule has 72 valence electrons. The van der Waals surface area contributed by atoms with Crippen LogP contribution in [0.5, 0.6) is 0 Å². The number of hydrogen-bond acceptors (Lipinski definition) is 2. The molecule has 0 fully saturated rings. The third-order valence-electron chi connectivity index (χ3n) is 2.10. The number of hydrogen-bond donors (Lipinski definition) is 1. The van der Waals surface area contributed by atoms with Crippen molar-refractivity contribution in [1.82, 2.24) is 10.2 Å². The normalized spacial score (nSPS) is 13.2. The topological polar surface area (TPSA) is 15.3 Å². The maximum atomic E-state index is 3.31. The lowest BCUT2D eigenvalue weighted by molar-refractivity contribution is 0.353. The molecule has 0 aliphatic carbocycles. The summed E-state index contributed by atoms with van der Waals surface area (Å²) in [6.07, 6.45) is 0. The van der Waals surface area contributed by atoms with Crippen LogP contribution in [0.15, 0.2) is 30.3 Å². The molecule has 0 radical (unpaired) electrons. The lowest BCUT2D eigenvalue weighted by atomic mass is 10.1. The molecular formula is C11H18N2. The second-order valence-corrected chi connectivity index (χ2v) is 3.51. The Balaban J connectivity index is 2.67. The standard InChI is InChI=1S/C11H18N2/c1-12-11(9-13(2)3)10-7-5-4-6-8-10/h4-8,11-12H,9H2,1-3H3. The van der Waals surface area contributed by atoms with Crippen LogP contribution in [-0.2, 0) is 0 Å². The van der Waals surface area contributed by atoms with Gasteiger partial charge in [0.2, 0.25) is 0 Å². The first-order valence-electron chi connectivity index (χ1n) is 4.61. The number of nitrogens with zero attached hydrogens (tertiary/aromatic N) is 1. The smallest absolute Gasteiger partial charge is 0.0446 e. The van der Waals surface area contributed by atoms with Gasteiger partial charge in [-0.3, -0.25) is 0 Å². The largest absolute Gasteiger partial charge is 0.312 e. The van der Waals surface area contributed by atoms with E-state index in [1.165, 1.54) is 5.56 Å². The fourth-order valence-corrected chi connectivity index (χ4v) is 1.41. The highest BCUT2D eigenvalue weighted by Gasteiger charge is 2.08. The maximum absolute atomic E-state index is 3.31. The maximum Gasteiger partial charge on any atom is 0.0446 e. The highest BCUT2D eigenvalue weighted by molar-refractivity contribution is 5.19. The zero-order valence-electron chi connectivity index (χ0n) is 8.62. The Hall–Kier alpha value is -0.860. The van der Waals surface area contributed by atoms with Gasteiger partial charge in [-0.05, 0) is 26.7 Å². The second-order valence-electron chi connectivity index (χ2n) is 3.51. The fraction of sp³-hybridized carbons (Fsp3) is 0.455. The Morgan fingerprint density at radius 3 is 2.31 bits per heavy atom.